The van der Waals surface area contributed by atoms with Gasteiger partial charge in [-0.05, 0) is 70.6 Å². The minimum absolute atomic E-state index is 0.0236. The van der Waals surface area contributed by atoms with Crippen LogP contribution in [0.2, 0.25) is 0 Å². The Morgan fingerprint density at radius 1 is 1.02 bits per heavy atom. The van der Waals surface area contributed by atoms with Gasteiger partial charge in [0.15, 0.2) is 11.9 Å². The van der Waals surface area contributed by atoms with Crippen molar-refractivity contribution in [2.45, 2.75) is 128 Å². The van der Waals surface area contributed by atoms with E-state index in [4.69, 9.17) is 28.7 Å². The van der Waals surface area contributed by atoms with Crippen LogP contribution in [-0.4, -0.2) is 65.2 Å². The third kappa shape index (κ3) is 5.77. The molecule has 2 N–H and O–H groups in total. The Balaban J connectivity index is 1.19. The Morgan fingerprint density at radius 2 is 1.80 bits per heavy atom. The van der Waals surface area contributed by atoms with Crippen molar-refractivity contribution in [3.8, 4) is 0 Å². The van der Waals surface area contributed by atoms with Gasteiger partial charge in [-0.1, -0.05) is 13.8 Å². The fourth-order valence-electron chi connectivity index (χ4n) is 7.84. The summed E-state index contributed by atoms with van der Waals surface area (Å²) in [6.45, 7) is 10.5. The number of carboxylic acid groups (broad SMARTS) is 1. The summed E-state index contributed by atoms with van der Waals surface area (Å²) in [6, 6.07) is -0.532. The molecule has 0 radical (unpaired) electrons. The minimum Gasteiger partial charge on any atom is -0.481 e. The second-order valence-electron chi connectivity index (χ2n) is 13.4. The lowest BCUT2D eigenvalue weighted by molar-refractivity contribution is -0.576. The van der Waals surface area contributed by atoms with Crippen LogP contribution >= 0.6 is 0 Å². The summed E-state index contributed by atoms with van der Waals surface area (Å²) in [4.78, 5) is 49.1. The first-order valence-electron chi connectivity index (χ1n) is 14.9. The Hall–Kier alpha value is -1.79. The van der Waals surface area contributed by atoms with Crippen molar-refractivity contribution in [1.82, 2.24) is 5.32 Å². The highest BCUT2D eigenvalue weighted by Crippen LogP contribution is 2.60. The van der Waals surface area contributed by atoms with Crippen LogP contribution in [0.25, 0.3) is 0 Å². The molecular formula is C29H45NO10. The lowest BCUT2D eigenvalue weighted by Crippen LogP contribution is -2.70. The Bertz CT molecular complexity index is 988. The highest BCUT2D eigenvalue weighted by atomic mass is 17.3. The molecule has 5 aliphatic heterocycles. The second kappa shape index (κ2) is 11.1. The van der Waals surface area contributed by atoms with Crippen LogP contribution in [0.1, 0.15) is 92.4 Å². The Kier molecular flexibility index (Phi) is 8.26. The molecular weight excluding hydrogens is 522 g/mol. The highest BCUT2D eigenvalue weighted by Gasteiger charge is 2.69. The molecule has 6 rings (SSSR count). The first-order chi connectivity index (χ1) is 18.8. The fraction of sp³-hybridized carbons (Fsp3) is 0.897. The van der Waals surface area contributed by atoms with E-state index in [9.17, 15) is 19.5 Å². The molecule has 11 heteroatoms. The summed E-state index contributed by atoms with van der Waals surface area (Å²) < 4.78 is 24.1. The van der Waals surface area contributed by atoms with Gasteiger partial charge < -0.3 is 29.4 Å². The van der Waals surface area contributed by atoms with Gasteiger partial charge in [0.2, 0.25) is 18.0 Å². The molecule has 11 nitrogen and oxygen atoms in total. The average Bonchev–Trinajstić information content (AvgIpc) is 3.10. The van der Waals surface area contributed by atoms with E-state index in [0.717, 1.165) is 19.3 Å². The first-order valence-corrected chi connectivity index (χ1v) is 14.9. The van der Waals surface area contributed by atoms with Gasteiger partial charge in [-0.3, -0.25) is 14.4 Å². The molecule has 2 bridgehead atoms. The van der Waals surface area contributed by atoms with Crippen molar-refractivity contribution in [3.63, 3.8) is 0 Å². The van der Waals surface area contributed by atoms with Crippen molar-refractivity contribution in [3.05, 3.63) is 0 Å². The van der Waals surface area contributed by atoms with Crippen molar-refractivity contribution in [1.29, 1.82) is 0 Å². The third-order valence-corrected chi connectivity index (χ3v) is 9.95. The molecule has 10 atom stereocenters. The molecule has 0 aromatic rings. The molecule has 5 heterocycles. The monoisotopic (exact) mass is 567 g/mol. The standard InChI is InChI=1S/C29H45NO10/c1-16-6-7-20-17(2)25(37-26-29(20)19(16)10-12-28(5,38-26)39-40-29)36-24(34)9-8-22(31)30-21(14-23(32)33)18-11-13-35-27(3,4)15-18/h16-21,25-26H,6-15H2,1-5H3,(H,30,31)(H,32,33)/t16-,17-,18+,19+,20+,21-,25-,26-,28-,29-/m1/s1. The summed E-state index contributed by atoms with van der Waals surface area (Å²) in [5, 5.41) is 12.3. The molecule has 0 aromatic heterocycles. The molecule has 6 aliphatic rings. The summed E-state index contributed by atoms with van der Waals surface area (Å²) in [7, 11) is 0. The Morgan fingerprint density at radius 3 is 2.52 bits per heavy atom. The second-order valence-corrected chi connectivity index (χ2v) is 13.4. The summed E-state index contributed by atoms with van der Waals surface area (Å²) in [5.41, 5.74) is -1.12. The van der Waals surface area contributed by atoms with E-state index in [1.165, 1.54) is 0 Å². The zero-order valence-corrected chi connectivity index (χ0v) is 24.3. The van der Waals surface area contributed by atoms with E-state index < -0.39 is 41.9 Å². The van der Waals surface area contributed by atoms with Crippen LogP contribution in [0, 0.1) is 29.6 Å². The summed E-state index contributed by atoms with van der Waals surface area (Å²) in [5.74, 6) is -2.34. The molecule has 1 aliphatic carbocycles. The van der Waals surface area contributed by atoms with E-state index in [1.54, 1.807) is 0 Å². The number of amides is 1. The van der Waals surface area contributed by atoms with Crippen molar-refractivity contribution in [2.24, 2.45) is 29.6 Å². The highest BCUT2D eigenvalue weighted by molar-refractivity contribution is 5.82. The summed E-state index contributed by atoms with van der Waals surface area (Å²) in [6.07, 6.45) is 2.85. The quantitative estimate of drug-likeness (QED) is 0.330. The van der Waals surface area contributed by atoms with Crippen molar-refractivity contribution >= 4 is 17.8 Å². The van der Waals surface area contributed by atoms with Gasteiger partial charge in [0.1, 0.15) is 0 Å². The smallest absolute Gasteiger partial charge is 0.308 e. The predicted molar refractivity (Wildman–Crippen MR) is 139 cm³/mol. The van der Waals surface area contributed by atoms with Gasteiger partial charge in [0.25, 0.3) is 0 Å². The number of rotatable bonds is 8. The third-order valence-electron chi connectivity index (χ3n) is 9.95. The van der Waals surface area contributed by atoms with E-state index in [2.05, 4.69) is 12.2 Å². The van der Waals surface area contributed by atoms with E-state index in [0.29, 0.717) is 31.8 Å². The van der Waals surface area contributed by atoms with E-state index in [-0.39, 0.29) is 54.4 Å². The van der Waals surface area contributed by atoms with Gasteiger partial charge >= 0.3 is 11.9 Å². The maximum absolute atomic E-state index is 12.9. The van der Waals surface area contributed by atoms with Crippen LogP contribution in [-0.2, 0) is 43.1 Å². The van der Waals surface area contributed by atoms with Gasteiger partial charge in [0.05, 0.1) is 18.4 Å². The van der Waals surface area contributed by atoms with E-state index >= 15 is 0 Å². The number of fused-ring (bicyclic) bond motifs is 2. The van der Waals surface area contributed by atoms with Crippen molar-refractivity contribution < 1.29 is 48.2 Å². The van der Waals surface area contributed by atoms with Gasteiger partial charge in [-0.25, -0.2) is 9.78 Å². The number of ether oxygens (including phenoxy) is 4. The molecule has 5 saturated heterocycles. The normalized spacial score (nSPS) is 42.7. The van der Waals surface area contributed by atoms with Crippen LogP contribution in [0.5, 0.6) is 0 Å². The number of hydrogen-bond acceptors (Lipinski definition) is 9. The number of aliphatic carboxylic acids is 1. The van der Waals surface area contributed by atoms with Gasteiger partial charge in [0, 0.05) is 37.3 Å². The lowest BCUT2D eigenvalue weighted by Gasteiger charge is -2.59. The molecule has 6 fully saturated rings. The zero-order chi connectivity index (χ0) is 28.9. The van der Waals surface area contributed by atoms with E-state index in [1.807, 2.05) is 27.7 Å². The van der Waals surface area contributed by atoms with Crippen LogP contribution in [0.4, 0.5) is 0 Å². The van der Waals surface area contributed by atoms with Crippen LogP contribution < -0.4 is 5.32 Å². The largest absolute Gasteiger partial charge is 0.481 e. The molecule has 0 aromatic carbocycles. The lowest BCUT2D eigenvalue weighted by atomic mass is 9.58. The molecule has 0 unspecified atom stereocenters. The number of nitrogens with one attached hydrogen (secondary N) is 1. The fourth-order valence-corrected chi connectivity index (χ4v) is 7.84. The molecule has 1 saturated carbocycles. The maximum Gasteiger partial charge on any atom is 0.308 e. The number of carbonyl (C=O) groups is 3. The first kappa shape index (κ1) is 29.7. The van der Waals surface area contributed by atoms with Crippen LogP contribution in [0.3, 0.4) is 0 Å². The predicted octanol–water partition coefficient (Wildman–Crippen LogP) is 3.68. The summed E-state index contributed by atoms with van der Waals surface area (Å²) >= 11 is 0. The molecule has 1 spiro atoms. The Labute approximate surface area is 235 Å². The van der Waals surface area contributed by atoms with Gasteiger partial charge in [-0.2, -0.15) is 0 Å². The average molecular weight is 568 g/mol. The number of hydrogen-bond donors (Lipinski definition) is 2. The minimum atomic E-state index is -0.979. The topological polar surface area (TPSA) is 139 Å². The number of esters is 1. The molecule has 226 valence electrons. The maximum atomic E-state index is 12.9. The number of carboxylic acids is 1. The van der Waals surface area contributed by atoms with Gasteiger partial charge in [-0.15, -0.1) is 0 Å². The van der Waals surface area contributed by atoms with Crippen molar-refractivity contribution in [2.75, 3.05) is 6.61 Å². The SMILES string of the molecule is C[C@H]1[C@H](OC(=O)CCC(=O)N[C@H](CC(=O)O)[C@H]2CCOC(C)(C)C2)O[C@@H]2O[C@@]3(C)CC[C@H]4[C@H](C)CC[C@@H]1[C@@]24OO3. The molecule has 1 amide bonds. The van der Waals surface area contributed by atoms with Crippen LogP contribution in [0.15, 0.2) is 0 Å². The zero-order valence-electron chi connectivity index (χ0n) is 24.3. The molecule has 40 heavy (non-hydrogen) atoms. The number of carbonyl (C=O) groups excluding carboxylic acids is 2.